The largest absolute Gasteiger partial charge is 0.497 e. The smallest absolute Gasteiger partial charge is 0.131 e. The van der Waals surface area contributed by atoms with Crippen LogP contribution in [-0.4, -0.2) is 48.4 Å². The Bertz CT molecular complexity index is 655. The number of methoxy groups -OCH3 is 1. The minimum Gasteiger partial charge on any atom is -0.497 e. The van der Waals surface area contributed by atoms with Crippen LogP contribution >= 0.6 is 11.3 Å². The van der Waals surface area contributed by atoms with Gasteiger partial charge in [-0.15, -0.1) is 21.5 Å². The van der Waals surface area contributed by atoms with Gasteiger partial charge in [0.2, 0.25) is 0 Å². The van der Waals surface area contributed by atoms with Crippen molar-refractivity contribution in [2.75, 3.05) is 38.2 Å². The first-order valence-corrected chi connectivity index (χ1v) is 8.38. The van der Waals surface area contributed by atoms with Crippen molar-refractivity contribution < 1.29 is 4.74 Å². The Morgan fingerprint density at radius 3 is 2.45 bits per heavy atom. The van der Waals surface area contributed by atoms with Gasteiger partial charge in [0.25, 0.3) is 0 Å². The van der Waals surface area contributed by atoms with Gasteiger partial charge in [-0.3, -0.25) is 4.90 Å². The predicted octanol–water partition coefficient (Wildman–Crippen LogP) is 2.18. The van der Waals surface area contributed by atoms with E-state index in [1.807, 2.05) is 19.1 Å². The summed E-state index contributed by atoms with van der Waals surface area (Å²) in [6.45, 7) is 7.64. The Kier molecular flexibility index (Phi) is 3.31. The Labute approximate surface area is 134 Å². The van der Waals surface area contributed by atoms with Gasteiger partial charge in [0, 0.05) is 37.3 Å². The summed E-state index contributed by atoms with van der Waals surface area (Å²) < 4.78 is 5.21. The quantitative estimate of drug-likeness (QED) is 0.865. The van der Waals surface area contributed by atoms with Gasteiger partial charge in [0.05, 0.1) is 13.7 Å². The lowest BCUT2D eigenvalue weighted by Gasteiger charge is -2.61. The highest BCUT2D eigenvalue weighted by Crippen LogP contribution is 2.42. The highest BCUT2D eigenvalue weighted by atomic mass is 32.1. The molecule has 2 aliphatic rings. The minimum absolute atomic E-state index is 0.500. The summed E-state index contributed by atoms with van der Waals surface area (Å²) in [4.78, 5) is 4.93. The van der Waals surface area contributed by atoms with Crippen LogP contribution in [0.1, 0.15) is 10.0 Å². The number of likely N-dealkylation sites (tertiary alicyclic amines) is 1. The molecule has 2 aromatic rings. The average molecular weight is 316 g/mol. The maximum Gasteiger partial charge on any atom is 0.131 e. The Morgan fingerprint density at radius 1 is 1.14 bits per heavy atom. The van der Waals surface area contributed by atoms with Crippen LogP contribution in [0.2, 0.25) is 0 Å². The van der Waals surface area contributed by atoms with Gasteiger partial charge in [-0.1, -0.05) is 0 Å². The van der Waals surface area contributed by atoms with E-state index >= 15 is 0 Å². The van der Waals surface area contributed by atoms with Gasteiger partial charge < -0.3 is 9.64 Å². The number of aryl methyl sites for hydroxylation is 1. The molecule has 0 amide bonds. The molecular weight excluding hydrogens is 296 g/mol. The molecule has 1 aromatic carbocycles. The van der Waals surface area contributed by atoms with Gasteiger partial charge in [-0.25, -0.2) is 0 Å². The number of aromatic nitrogens is 2. The molecule has 4 rings (SSSR count). The number of hydrogen-bond acceptors (Lipinski definition) is 6. The molecule has 6 heteroatoms. The molecule has 0 N–H and O–H groups in total. The number of hydrogen-bond donors (Lipinski definition) is 0. The summed E-state index contributed by atoms with van der Waals surface area (Å²) >= 11 is 1.71. The molecule has 0 atom stereocenters. The molecule has 2 saturated heterocycles. The molecule has 1 spiro atoms. The number of ether oxygens (including phenoxy) is 1. The summed E-state index contributed by atoms with van der Waals surface area (Å²) in [5, 5.41) is 10.5. The molecular formula is C16H20N4OS. The van der Waals surface area contributed by atoms with Gasteiger partial charge in [-0.05, 0) is 31.2 Å². The third kappa shape index (κ3) is 2.46. The Hall–Kier alpha value is -1.66. The van der Waals surface area contributed by atoms with E-state index in [4.69, 9.17) is 4.74 Å². The molecule has 3 heterocycles. The molecule has 0 saturated carbocycles. The van der Waals surface area contributed by atoms with Crippen LogP contribution in [0.15, 0.2) is 24.3 Å². The fourth-order valence-electron chi connectivity index (χ4n) is 3.55. The second kappa shape index (κ2) is 5.21. The monoisotopic (exact) mass is 316 g/mol. The Balaban J connectivity index is 1.29. The second-order valence-corrected chi connectivity index (χ2v) is 7.68. The first-order chi connectivity index (χ1) is 10.7. The van der Waals surface area contributed by atoms with Crippen LogP contribution in [0.25, 0.3) is 0 Å². The molecule has 5 nitrogen and oxygen atoms in total. The van der Waals surface area contributed by atoms with Crippen molar-refractivity contribution in [3.8, 4) is 5.75 Å². The third-order valence-electron chi connectivity index (χ3n) is 4.53. The van der Waals surface area contributed by atoms with Gasteiger partial charge in [0.1, 0.15) is 15.8 Å². The highest BCUT2D eigenvalue weighted by Gasteiger charge is 2.51. The maximum absolute atomic E-state index is 5.21. The van der Waals surface area contributed by atoms with E-state index in [0.29, 0.717) is 5.41 Å². The van der Waals surface area contributed by atoms with E-state index in [9.17, 15) is 0 Å². The molecule has 116 valence electrons. The zero-order chi connectivity index (χ0) is 15.2. The van der Waals surface area contributed by atoms with Crippen molar-refractivity contribution in [1.29, 1.82) is 0 Å². The van der Waals surface area contributed by atoms with Gasteiger partial charge in [0.15, 0.2) is 0 Å². The van der Waals surface area contributed by atoms with E-state index < -0.39 is 0 Å². The topological polar surface area (TPSA) is 41.5 Å². The number of benzene rings is 1. The fourth-order valence-corrected chi connectivity index (χ4v) is 4.30. The normalized spacial score (nSPS) is 19.8. The van der Waals surface area contributed by atoms with Crippen LogP contribution in [0, 0.1) is 12.3 Å². The summed E-state index contributed by atoms with van der Waals surface area (Å²) in [6, 6.07) is 8.36. The molecule has 1 aromatic heterocycles. The molecule has 22 heavy (non-hydrogen) atoms. The van der Waals surface area contributed by atoms with Crippen LogP contribution in [0.3, 0.4) is 0 Å². The molecule has 2 aliphatic heterocycles. The predicted molar refractivity (Wildman–Crippen MR) is 87.6 cm³/mol. The van der Waals surface area contributed by atoms with Crippen LogP contribution < -0.4 is 9.64 Å². The second-order valence-electron chi connectivity index (χ2n) is 6.41. The van der Waals surface area contributed by atoms with Crippen molar-refractivity contribution in [3.63, 3.8) is 0 Å². The third-order valence-corrected chi connectivity index (χ3v) is 5.36. The summed E-state index contributed by atoms with van der Waals surface area (Å²) in [5.41, 5.74) is 1.80. The molecule has 0 bridgehead atoms. The summed E-state index contributed by atoms with van der Waals surface area (Å²) in [7, 11) is 1.70. The first kappa shape index (κ1) is 14.0. The molecule has 0 radical (unpaired) electrons. The lowest BCUT2D eigenvalue weighted by atomic mass is 9.72. The van der Waals surface area contributed by atoms with Crippen LogP contribution in [0.4, 0.5) is 5.69 Å². The van der Waals surface area contributed by atoms with E-state index in [2.05, 4.69) is 32.1 Å². The SMILES string of the molecule is COc1ccc(N2CC3(CN(Cc4nnc(C)s4)C3)C2)cc1. The van der Waals surface area contributed by atoms with E-state index in [0.717, 1.165) is 35.4 Å². The van der Waals surface area contributed by atoms with Crippen molar-refractivity contribution in [2.24, 2.45) is 5.41 Å². The first-order valence-electron chi connectivity index (χ1n) is 7.56. The van der Waals surface area contributed by atoms with Crippen LogP contribution in [-0.2, 0) is 6.54 Å². The van der Waals surface area contributed by atoms with Crippen molar-refractivity contribution >= 4 is 17.0 Å². The highest BCUT2D eigenvalue weighted by molar-refractivity contribution is 7.11. The summed E-state index contributed by atoms with van der Waals surface area (Å²) in [6.07, 6.45) is 0. The van der Waals surface area contributed by atoms with Crippen molar-refractivity contribution in [3.05, 3.63) is 34.3 Å². The lowest BCUT2D eigenvalue weighted by molar-refractivity contribution is -0.0274. The zero-order valence-corrected chi connectivity index (χ0v) is 13.8. The van der Waals surface area contributed by atoms with Gasteiger partial charge >= 0.3 is 0 Å². The standard InChI is InChI=1S/C16H20N4OS/c1-12-17-18-15(22-12)7-19-8-16(9-19)10-20(11-16)13-3-5-14(21-2)6-4-13/h3-6H,7-11H2,1-2H3. The van der Waals surface area contributed by atoms with E-state index in [1.165, 1.54) is 18.8 Å². The van der Waals surface area contributed by atoms with E-state index in [-0.39, 0.29) is 0 Å². The fraction of sp³-hybridized carbons (Fsp3) is 0.500. The zero-order valence-electron chi connectivity index (χ0n) is 13.0. The van der Waals surface area contributed by atoms with Crippen molar-refractivity contribution in [1.82, 2.24) is 15.1 Å². The summed E-state index contributed by atoms with van der Waals surface area (Å²) in [5.74, 6) is 0.918. The van der Waals surface area contributed by atoms with Crippen LogP contribution in [0.5, 0.6) is 5.75 Å². The number of rotatable bonds is 4. The minimum atomic E-state index is 0.500. The average Bonchev–Trinajstić information content (AvgIpc) is 2.86. The van der Waals surface area contributed by atoms with E-state index in [1.54, 1.807) is 18.4 Å². The number of anilines is 1. The van der Waals surface area contributed by atoms with Gasteiger partial charge in [-0.2, -0.15) is 0 Å². The molecule has 0 unspecified atom stereocenters. The maximum atomic E-state index is 5.21. The number of nitrogens with zero attached hydrogens (tertiary/aromatic N) is 4. The molecule has 2 fully saturated rings. The molecule has 0 aliphatic carbocycles. The lowest BCUT2D eigenvalue weighted by Crippen LogP contribution is -2.71. The van der Waals surface area contributed by atoms with Crippen molar-refractivity contribution in [2.45, 2.75) is 13.5 Å². The Morgan fingerprint density at radius 2 is 1.86 bits per heavy atom.